The summed E-state index contributed by atoms with van der Waals surface area (Å²) in [7, 11) is 4.95. The number of likely N-dealkylation sites (N-methyl/N-ethyl adjacent to an activating group) is 1. The van der Waals surface area contributed by atoms with Crippen LogP contribution in [0, 0.1) is 6.92 Å². The number of allylic oxidation sites excluding steroid dienone is 2. The Kier molecular flexibility index (Phi) is 18.4. The average Bonchev–Trinajstić information content (AvgIpc) is 4.13. The smallest absolute Gasteiger partial charge is 0.262 e. The van der Waals surface area contributed by atoms with Gasteiger partial charge in [0.15, 0.2) is 23.0 Å². The molecule has 2 unspecified atom stereocenters. The molecule has 1 saturated heterocycles. The third-order valence-electron chi connectivity index (χ3n) is 14.7. The number of thioether (sulfide) groups is 2. The number of nitrogens with zero attached hydrogens (tertiary/aromatic N) is 5. The highest BCUT2D eigenvalue weighted by molar-refractivity contribution is 8.04. The number of imide groups is 1. The summed E-state index contributed by atoms with van der Waals surface area (Å²) < 4.78 is 24.5. The van der Waals surface area contributed by atoms with Gasteiger partial charge < -0.3 is 34.1 Å². The third-order valence-corrected chi connectivity index (χ3v) is 17.8. The van der Waals surface area contributed by atoms with Crippen molar-refractivity contribution in [2.24, 2.45) is 4.99 Å². The zero-order chi connectivity index (χ0) is 56.5. The van der Waals surface area contributed by atoms with Crippen molar-refractivity contribution in [2.75, 3.05) is 55.2 Å². The number of carbonyl (C=O) groups is 5. The number of anilines is 3. The van der Waals surface area contributed by atoms with Crippen LogP contribution in [0.25, 0.3) is 0 Å². The molecule has 3 atom stereocenters. The summed E-state index contributed by atoms with van der Waals surface area (Å²) in [6.45, 7) is 11.2. The van der Waals surface area contributed by atoms with E-state index in [1.54, 1.807) is 72.8 Å². The lowest BCUT2D eigenvalue weighted by Crippen LogP contribution is -2.46. The summed E-state index contributed by atoms with van der Waals surface area (Å²) in [4.78, 5) is 76.6. The van der Waals surface area contributed by atoms with E-state index in [2.05, 4.69) is 50.0 Å². The second-order valence-electron chi connectivity index (χ2n) is 21.1. The highest BCUT2D eigenvalue weighted by Crippen LogP contribution is 2.44. The van der Waals surface area contributed by atoms with Crippen molar-refractivity contribution < 1.29 is 42.9 Å². The molecule has 0 aliphatic carbocycles. The maximum atomic E-state index is 14.0. The monoisotopic (exact) mass is 1120 g/mol. The molecule has 1 fully saturated rings. The minimum absolute atomic E-state index is 0.0656. The molecule has 5 aromatic carbocycles. The van der Waals surface area contributed by atoms with E-state index < -0.39 is 5.25 Å². The van der Waals surface area contributed by atoms with Gasteiger partial charge in [-0.15, -0.1) is 11.8 Å². The normalized spacial score (nSPS) is 17.4. The Balaban J connectivity index is 0.871. The van der Waals surface area contributed by atoms with E-state index in [-0.39, 0.29) is 60.2 Å². The van der Waals surface area contributed by atoms with Gasteiger partial charge in [0, 0.05) is 91.5 Å². The van der Waals surface area contributed by atoms with Crippen molar-refractivity contribution >= 4 is 82.5 Å². The molecule has 4 aliphatic rings. The number of aryl methyl sites for hydroxylation is 1. The van der Waals surface area contributed by atoms with Gasteiger partial charge in [-0.1, -0.05) is 80.1 Å². The van der Waals surface area contributed by atoms with Crippen LogP contribution in [-0.2, 0) is 51.0 Å². The van der Waals surface area contributed by atoms with Gasteiger partial charge in [0.2, 0.25) is 24.1 Å². The van der Waals surface area contributed by atoms with Crippen LogP contribution >= 0.6 is 23.5 Å². The fourth-order valence-electron chi connectivity index (χ4n) is 10.7. The van der Waals surface area contributed by atoms with Gasteiger partial charge in [-0.25, -0.2) is 0 Å². The molecule has 0 radical (unpaired) electrons. The van der Waals surface area contributed by atoms with Crippen LogP contribution in [0.5, 0.6) is 23.0 Å². The number of hydrogen-bond donors (Lipinski definition) is 1. The first-order chi connectivity index (χ1) is 38.7. The number of hydrogen-bond acceptors (Lipinski definition) is 13. The predicted octanol–water partition coefficient (Wildman–Crippen LogP) is 11.0. The maximum absolute atomic E-state index is 14.0. The SMILES string of the molecule is C=C/C=C\C(=O)N(C)CCCCCCN1C(=O)CC(SC(C)(C)CSCc2cc(COc3cc(N=CC4Cc5ccccc5N4C=O)c(C)cc3OC)cc(COc3cc4c(cc3OC)C(=O)N3c5ccccc5C[C@H]3N4)c2)C1=O. The average molecular weight is 1120 g/mol. The molecule has 9 rings (SSSR count). The zero-order valence-corrected chi connectivity index (χ0v) is 48.0. The quantitative estimate of drug-likeness (QED) is 0.0140. The number of nitrogens with one attached hydrogen (secondary N) is 1. The van der Waals surface area contributed by atoms with E-state index in [0.717, 1.165) is 76.8 Å². The molecule has 17 heteroatoms. The Morgan fingerprint density at radius 2 is 1.49 bits per heavy atom. The highest BCUT2D eigenvalue weighted by Gasteiger charge is 2.42. The molecule has 0 bridgehead atoms. The molecular formula is C63H70N6O9S2. The first kappa shape index (κ1) is 57.2. The van der Waals surface area contributed by atoms with E-state index >= 15 is 0 Å². The second-order valence-corrected chi connectivity index (χ2v) is 24.0. The summed E-state index contributed by atoms with van der Waals surface area (Å²) in [6.07, 6.45) is 12.0. The van der Waals surface area contributed by atoms with Crippen LogP contribution < -0.4 is 34.1 Å². The van der Waals surface area contributed by atoms with Crippen molar-refractivity contribution in [1.29, 1.82) is 0 Å². The van der Waals surface area contributed by atoms with E-state index in [1.807, 2.05) is 78.7 Å². The number of benzene rings is 5. The lowest BCUT2D eigenvalue weighted by Gasteiger charge is -2.33. The van der Waals surface area contributed by atoms with E-state index in [9.17, 15) is 24.0 Å². The van der Waals surface area contributed by atoms with Gasteiger partial charge in [0.05, 0.1) is 42.4 Å². The molecule has 0 spiro atoms. The van der Waals surface area contributed by atoms with Gasteiger partial charge in [0.25, 0.3) is 5.91 Å². The largest absolute Gasteiger partial charge is 0.493 e. The van der Waals surface area contributed by atoms with Crippen LogP contribution in [0.2, 0.25) is 0 Å². The molecule has 15 nitrogen and oxygen atoms in total. The number of methoxy groups -OCH3 is 2. The summed E-state index contributed by atoms with van der Waals surface area (Å²) in [6, 6.07) is 29.3. The van der Waals surface area contributed by atoms with E-state index in [0.29, 0.717) is 77.4 Å². The molecule has 0 saturated carbocycles. The van der Waals surface area contributed by atoms with Crippen molar-refractivity contribution in [3.05, 3.63) is 155 Å². The summed E-state index contributed by atoms with van der Waals surface area (Å²) in [5, 5.41) is 3.13. The van der Waals surface area contributed by atoms with Crippen molar-refractivity contribution in [2.45, 2.75) is 107 Å². The molecule has 1 N–H and O–H groups in total. The molecule has 5 aromatic rings. The van der Waals surface area contributed by atoms with Gasteiger partial charge >= 0.3 is 0 Å². The third kappa shape index (κ3) is 13.2. The molecular weight excluding hydrogens is 1050 g/mol. The number of unbranched alkanes of at least 4 members (excludes halogenated alkanes) is 3. The second kappa shape index (κ2) is 25.7. The lowest BCUT2D eigenvalue weighted by atomic mass is 10.1. The van der Waals surface area contributed by atoms with Crippen molar-refractivity contribution in [3.63, 3.8) is 0 Å². The van der Waals surface area contributed by atoms with Crippen molar-refractivity contribution in [1.82, 2.24) is 9.80 Å². The number of para-hydroxylation sites is 2. The first-order valence-electron chi connectivity index (χ1n) is 27.1. The highest BCUT2D eigenvalue weighted by atomic mass is 32.2. The Morgan fingerprint density at radius 3 is 2.20 bits per heavy atom. The number of amides is 5. The van der Waals surface area contributed by atoms with Gasteiger partial charge in [-0.2, -0.15) is 11.8 Å². The van der Waals surface area contributed by atoms with Crippen LogP contribution in [0.15, 0.2) is 121 Å². The Morgan fingerprint density at radius 1 is 0.825 bits per heavy atom. The summed E-state index contributed by atoms with van der Waals surface area (Å²) in [5.74, 6) is 2.96. The standard InChI is InChI=1S/C63H70N6O9S2/c1-8-9-22-59(71)66(5)23-16-10-11-17-24-67-60(72)34-57(62(67)74)80-63(3,4)39-79-38-44-27-42(36-77-55-32-49(41(2)25-53(55)75-6)64-35-47-29-45-18-12-14-20-51(45)68(47)40-70)26-43(28-44)37-78-56-33-50-48(31-54(56)76-7)61(73)69-52-21-15-13-19-46(52)30-58(69)65-50/h8-9,12-15,18-22,25-28,31-33,35,40,47,57-58,65H,1,10-11,16-17,23-24,29-30,34,36-39H2,2-7H3/b22-9-,64-35?/t47?,57?,58-/m0/s1. The Hall–Kier alpha value is -7.50. The summed E-state index contributed by atoms with van der Waals surface area (Å²) in [5.41, 5.74) is 9.59. The molecule has 418 valence electrons. The minimum atomic E-state index is -0.441. The zero-order valence-electron chi connectivity index (χ0n) is 46.4. The fourth-order valence-corrected chi connectivity index (χ4v) is 13.4. The Bertz CT molecular complexity index is 3220. The number of rotatable bonds is 26. The van der Waals surface area contributed by atoms with Crippen LogP contribution in [0.3, 0.4) is 0 Å². The molecule has 5 amide bonds. The number of ether oxygens (including phenoxy) is 4. The molecule has 80 heavy (non-hydrogen) atoms. The number of carbonyl (C=O) groups excluding carboxylic acids is 5. The Labute approximate surface area is 477 Å². The number of fused-ring (bicyclic) bond motifs is 5. The van der Waals surface area contributed by atoms with Crippen LogP contribution in [0.1, 0.15) is 89.7 Å². The predicted molar refractivity (Wildman–Crippen MR) is 319 cm³/mol. The molecule has 4 aliphatic heterocycles. The maximum Gasteiger partial charge on any atom is 0.262 e. The topological polar surface area (TPSA) is 160 Å². The lowest BCUT2D eigenvalue weighted by molar-refractivity contribution is -0.138. The van der Waals surface area contributed by atoms with E-state index in [1.165, 1.54) is 11.0 Å². The van der Waals surface area contributed by atoms with Crippen LogP contribution in [0.4, 0.5) is 22.7 Å². The van der Waals surface area contributed by atoms with Gasteiger partial charge in [-0.3, -0.25) is 38.8 Å². The van der Waals surface area contributed by atoms with Gasteiger partial charge in [-0.05, 0) is 97.3 Å². The molecule has 4 heterocycles. The van der Waals surface area contributed by atoms with E-state index in [4.69, 9.17) is 23.9 Å². The number of aliphatic imine (C=N–C) groups is 1. The molecule has 0 aromatic heterocycles. The van der Waals surface area contributed by atoms with Crippen molar-refractivity contribution in [3.8, 4) is 23.0 Å². The van der Waals surface area contributed by atoms with Gasteiger partial charge in [0.1, 0.15) is 19.4 Å². The minimum Gasteiger partial charge on any atom is -0.493 e. The fraction of sp³-hybridized carbons (Fsp3) is 0.365. The first-order valence-corrected chi connectivity index (χ1v) is 29.2. The summed E-state index contributed by atoms with van der Waals surface area (Å²) >= 11 is 3.32. The van der Waals surface area contributed by atoms with Crippen LogP contribution in [-0.4, -0.2) is 108 Å². The number of likely N-dealkylation sites (tertiary alicyclic amines) is 1.